The first kappa shape index (κ1) is 21.3. The second kappa shape index (κ2) is 7.77. The summed E-state index contributed by atoms with van der Waals surface area (Å²) in [5.41, 5.74) is 12.3. The number of ketones is 2. The maximum Gasteiger partial charge on any atom is 0.296 e. The average Bonchev–Trinajstić information content (AvgIpc) is 2.68. The fraction of sp³-hybridized carbons (Fsp3) is 0.143. The second-order valence-electron chi connectivity index (χ2n) is 6.85. The summed E-state index contributed by atoms with van der Waals surface area (Å²) in [6, 6.07) is 7.27. The van der Waals surface area contributed by atoms with E-state index in [0.717, 1.165) is 6.07 Å². The van der Waals surface area contributed by atoms with Crippen LogP contribution in [0.2, 0.25) is 0 Å². The molecule has 3 rings (SSSR count). The molecule has 0 aliphatic heterocycles. The predicted molar refractivity (Wildman–Crippen MR) is 114 cm³/mol. The number of hydrogen-bond donors (Lipinski definition) is 4. The molecular weight excluding hydrogens is 406 g/mol. The summed E-state index contributed by atoms with van der Waals surface area (Å²) >= 11 is 0. The average molecular weight is 427 g/mol. The van der Waals surface area contributed by atoms with E-state index < -0.39 is 32.3 Å². The van der Waals surface area contributed by atoms with Gasteiger partial charge < -0.3 is 16.8 Å². The maximum absolute atomic E-state index is 13.2. The third-order valence-corrected chi connectivity index (χ3v) is 5.60. The molecule has 0 saturated heterocycles. The molecule has 156 valence electrons. The van der Waals surface area contributed by atoms with Gasteiger partial charge in [-0.3, -0.25) is 14.1 Å². The van der Waals surface area contributed by atoms with Crippen molar-refractivity contribution >= 4 is 33.1 Å². The standard InChI is InChI=1S/C21H21N3O5S/c1-3-12(9-8-11(2)22)24-15-10-16(30(27,28)29)19(23)18-17(15)20(25)13-6-4-5-7-14(13)21(18)26/h4-10,24H,3,22-23H2,1-2H3,(H,27,28,29)/b11-8+,12-9+. The van der Waals surface area contributed by atoms with Gasteiger partial charge in [0.25, 0.3) is 10.1 Å². The van der Waals surface area contributed by atoms with Crippen LogP contribution in [-0.2, 0) is 10.1 Å². The number of nitrogen functional groups attached to an aromatic ring is 1. The van der Waals surface area contributed by atoms with E-state index in [1.165, 1.54) is 12.1 Å². The first-order chi connectivity index (χ1) is 14.1. The Morgan fingerprint density at radius 3 is 2.17 bits per heavy atom. The third-order valence-electron chi connectivity index (χ3n) is 4.70. The SMILES string of the molecule is CC/C(=C\C=C(/C)N)Nc1cc(S(=O)(=O)O)c(N)c2c1C(=O)c1ccccc1C2=O. The summed E-state index contributed by atoms with van der Waals surface area (Å²) in [7, 11) is -4.76. The normalized spacial score (nSPS) is 14.4. The molecule has 0 aromatic heterocycles. The number of carbonyl (C=O) groups is 2. The number of anilines is 2. The highest BCUT2D eigenvalue weighted by Crippen LogP contribution is 2.39. The highest BCUT2D eigenvalue weighted by atomic mass is 32.2. The molecule has 1 aliphatic rings. The molecule has 0 atom stereocenters. The third kappa shape index (κ3) is 3.72. The molecule has 1 aliphatic carbocycles. The van der Waals surface area contributed by atoms with E-state index in [1.807, 2.05) is 6.92 Å². The zero-order valence-electron chi connectivity index (χ0n) is 16.4. The van der Waals surface area contributed by atoms with E-state index in [-0.39, 0.29) is 27.9 Å². The van der Waals surface area contributed by atoms with Crippen molar-refractivity contribution in [3.05, 3.63) is 76.1 Å². The zero-order chi connectivity index (χ0) is 22.2. The van der Waals surface area contributed by atoms with Gasteiger partial charge in [0, 0.05) is 22.5 Å². The summed E-state index contributed by atoms with van der Waals surface area (Å²) < 4.78 is 33.5. The lowest BCUT2D eigenvalue weighted by Gasteiger charge is -2.24. The predicted octanol–water partition coefficient (Wildman–Crippen LogP) is 2.86. The molecule has 0 bridgehead atoms. The highest BCUT2D eigenvalue weighted by molar-refractivity contribution is 7.86. The van der Waals surface area contributed by atoms with Crippen LogP contribution in [0.25, 0.3) is 0 Å². The molecule has 0 saturated carbocycles. The van der Waals surface area contributed by atoms with Crippen LogP contribution in [0, 0.1) is 0 Å². The van der Waals surface area contributed by atoms with Gasteiger partial charge >= 0.3 is 0 Å². The fourth-order valence-corrected chi connectivity index (χ4v) is 3.91. The van der Waals surface area contributed by atoms with Crippen LogP contribution in [0.15, 0.2) is 58.8 Å². The monoisotopic (exact) mass is 427 g/mol. The van der Waals surface area contributed by atoms with Crippen LogP contribution in [0.3, 0.4) is 0 Å². The minimum absolute atomic E-state index is 0.0450. The van der Waals surface area contributed by atoms with Crippen molar-refractivity contribution in [2.45, 2.75) is 25.2 Å². The Morgan fingerprint density at radius 1 is 1.10 bits per heavy atom. The van der Waals surface area contributed by atoms with E-state index in [0.29, 0.717) is 17.8 Å². The maximum atomic E-state index is 13.2. The molecule has 0 fully saturated rings. The number of carbonyl (C=O) groups excluding carboxylic acids is 2. The summed E-state index contributed by atoms with van der Waals surface area (Å²) in [5, 5.41) is 2.99. The Hall–Kier alpha value is -3.43. The molecule has 9 heteroatoms. The smallest absolute Gasteiger partial charge is 0.296 e. The van der Waals surface area contributed by atoms with Crippen molar-refractivity contribution in [2.24, 2.45) is 5.73 Å². The minimum atomic E-state index is -4.76. The molecule has 0 spiro atoms. The van der Waals surface area contributed by atoms with Crippen LogP contribution >= 0.6 is 0 Å². The molecule has 0 radical (unpaired) electrons. The van der Waals surface area contributed by atoms with Gasteiger partial charge in [-0.15, -0.1) is 0 Å². The molecule has 6 N–H and O–H groups in total. The molecule has 2 aromatic rings. The molecule has 30 heavy (non-hydrogen) atoms. The van der Waals surface area contributed by atoms with Crippen molar-refractivity contribution in [1.29, 1.82) is 0 Å². The largest absolute Gasteiger partial charge is 0.402 e. The first-order valence-electron chi connectivity index (χ1n) is 9.08. The second-order valence-corrected chi connectivity index (χ2v) is 8.24. The minimum Gasteiger partial charge on any atom is -0.402 e. The molecule has 2 aromatic carbocycles. The fourth-order valence-electron chi connectivity index (χ4n) is 3.26. The van der Waals surface area contributed by atoms with Crippen molar-refractivity contribution in [2.75, 3.05) is 11.1 Å². The van der Waals surface area contributed by atoms with Gasteiger partial charge in [-0.2, -0.15) is 8.42 Å². The van der Waals surface area contributed by atoms with Gasteiger partial charge in [-0.25, -0.2) is 0 Å². The van der Waals surface area contributed by atoms with Crippen molar-refractivity contribution in [3.63, 3.8) is 0 Å². The van der Waals surface area contributed by atoms with Crippen molar-refractivity contribution in [1.82, 2.24) is 0 Å². The van der Waals surface area contributed by atoms with Gasteiger partial charge in [0.15, 0.2) is 11.6 Å². The van der Waals surface area contributed by atoms with Crippen molar-refractivity contribution < 1.29 is 22.6 Å². The Labute approximate surface area is 174 Å². The number of allylic oxidation sites excluding steroid dienone is 4. The van der Waals surface area contributed by atoms with Crippen LogP contribution in [-0.4, -0.2) is 24.5 Å². The molecule has 0 amide bonds. The van der Waals surface area contributed by atoms with E-state index in [2.05, 4.69) is 5.32 Å². The lowest BCUT2D eigenvalue weighted by atomic mass is 9.82. The van der Waals surface area contributed by atoms with Gasteiger partial charge in [0.2, 0.25) is 0 Å². The lowest BCUT2D eigenvalue weighted by molar-refractivity contribution is 0.0980. The number of nitrogens with two attached hydrogens (primary N) is 2. The summed E-state index contributed by atoms with van der Waals surface area (Å²) in [5.74, 6) is -1.07. The number of benzene rings is 2. The van der Waals surface area contributed by atoms with Gasteiger partial charge in [0.05, 0.1) is 22.5 Å². The number of hydrogen-bond acceptors (Lipinski definition) is 7. The van der Waals surface area contributed by atoms with Crippen LogP contribution < -0.4 is 16.8 Å². The van der Waals surface area contributed by atoms with Gasteiger partial charge in [0.1, 0.15) is 4.90 Å². The van der Waals surface area contributed by atoms with Crippen LogP contribution in [0.1, 0.15) is 52.1 Å². The Balaban J connectivity index is 2.33. The Kier molecular flexibility index (Phi) is 5.51. The van der Waals surface area contributed by atoms with E-state index in [1.54, 1.807) is 31.2 Å². The van der Waals surface area contributed by atoms with Gasteiger partial charge in [-0.05, 0) is 31.6 Å². The van der Waals surface area contributed by atoms with Gasteiger partial charge in [-0.1, -0.05) is 31.2 Å². The molecule has 8 nitrogen and oxygen atoms in total. The summed E-state index contributed by atoms with van der Waals surface area (Å²) in [6.45, 7) is 3.54. The molecule has 0 unspecified atom stereocenters. The Morgan fingerprint density at radius 2 is 1.67 bits per heavy atom. The number of fused-ring (bicyclic) bond motifs is 2. The van der Waals surface area contributed by atoms with Crippen LogP contribution in [0.4, 0.5) is 11.4 Å². The topological polar surface area (TPSA) is 153 Å². The van der Waals surface area contributed by atoms with E-state index in [9.17, 15) is 22.6 Å². The highest BCUT2D eigenvalue weighted by Gasteiger charge is 2.36. The Bertz CT molecular complexity index is 1240. The van der Waals surface area contributed by atoms with Crippen LogP contribution in [0.5, 0.6) is 0 Å². The molecular formula is C21H21N3O5S. The van der Waals surface area contributed by atoms with E-state index >= 15 is 0 Å². The number of rotatable bonds is 5. The quantitative estimate of drug-likeness (QED) is 0.275. The summed E-state index contributed by atoms with van der Waals surface area (Å²) in [6.07, 6.45) is 3.80. The van der Waals surface area contributed by atoms with E-state index in [4.69, 9.17) is 11.5 Å². The molecule has 0 heterocycles. The summed E-state index contributed by atoms with van der Waals surface area (Å²) in [4.78, 5) is 25.7. The lowest BCUT2D eigenvalue weighted by Crippen LogP contribution is -2.25. The zero-order valence-corrected chi connectivity index (χ0v) is 17.2. The first-order valence-corrected chi connectivity index (χ1v) is 10.5. The number of nitrogens with one attached hydrogen (secondary N) is 1. The van der Waals surface area contributed by atoms with Crippen molar-refractivity contribution in [3.8, 4) is 0 Å².